The predicted molar refractivity (Wildman–Crippen MR) is 91.0 cm³/mol. The number of hydrogen-bond acceptors (Lipinski definition) is 0. The van der Waals surface area contributed by atoms with E-state index in [0.717, 1.165) is 6.42 Å². The number of hydrogen-bond donors (Lipinski definition) is 0. The molecule has 0 amide bonds. The summed E-state index contributed by atoms with van der Waals surface area (Å²) in [6.07, 6.45) is 1.13. The van der Waals surface area contributed by atoms with E-state index in [2.05, 4.69) is 0 Å². The number of rotatable bonds is 4. The second kappa shape index (κ2) is 8.86. The Hall–Kier alpha value is -1.84. The van der Waals surface area contributed by atoms with E-state index in [0.29, 0.717) is 12.3 Å². The van der Waals surface area contributed by atoms with Gasteiger partial charge in [0.15, 0.2) is 23.3 Å². The first-order valence-electron chi connectivity index (χ1n) is 8.24. The van der Waals surface area contributed by atoms with Gasteiger partial charge in [-0.2, -0.15) is 0 Å². The Kier molecular flexibility index (Phi) is 7.46. The van der Waals surface area contributed by atoms with Gasteiger partial charge in [-0.15, -0.1) is 0 Å². The molecule has 132 valence electrons. The monoisotopic (exact) mass is 340 g/mol. The van der Waals surface area contributed by atoms with Crippen LogP contribution in [0.3, 0.4) is 0 Å². The third kappa shape index (κ3) is 4.37. The van der Waals surface area contributed by atoms with Crippen molar-refractivity contribution in [1.82, 2.24) is 0 Å². The van der Waals surface area contributed by atoms with Crippen molar-refractivity contribution in [2.75, 3.05) is 0 Å². The van der Waals surface area contributed by atoms with Gasteiger partial charge in [-0.1, -0.05) is 52.0 Å². The van der Waals surface area contributed by atoms with E-state index in [-0.39, 0.29) is 22.3 Å². The van der Waals surface area contributed by atoms with Crippen LogP contribution in [0.4, 0.5) is 17.6 Å². The highest BCUT2D eigenvalue weighted by Crippen LogP contribution is 2.31. The van der Waals surface area contributed by atoms with Crippen molar-refractivity contribution in [3.63, 3.8) is 0 Å². The molecule has 0 aliphatic rings. The summed E-state index contributed by atoms with van der Waals surface area (Å²) in [7, 11) is 0. The van der Waals surface area contributed by atoms with Gasteiger partial charge in [0, 0.05) is 11.1 Å². The molecular weight excluding hydrogens is 316 g/mol. The van der Waals surface area contributed by atoms with Crippen molar-refractivity contribution in [3.05, 3.63) is 58.7 Å². The number of benzene rings is 2. The minimum atomic E-state index is -1.16. The van der Waals surface area contributed by atoms with E-state index in [1.54, 1.807) is 0 Å². The molecule has 2 aromatic rings. The molecule has 0 heterocycles. The Morgan fingerprint density at radius 1 is 0.750 bits per heavy atom. The average molecular weight is 340 g/mol. The summed E-state index contributed by atoms with van der Waals surface area (Å²) in [4.78, 5) is 0. The normalized spacial score (nSPS) is 10.6. The fraction of sp³-hybridized carbons (Fsp3) is 0.400. The molecule has 0 atom stereocenters. The lowest BCUT2D eigenvalue weighted by Gasteiger charge is -2.11. The van der Waals surface area contributed by atoms with E-state index in [1.165, 1.54) is 31.2 Å². The second-order valence-corrected chi connectivity index (χ2v) is 5.89. The first kappa shape index (κ1) is 20.2. The van der Waals surface area contributed by atoms with Gasteiger partial charge in [0.1, 0.15) is 0 Å². The van der Waals surface area contributed by atoms with Crippen molar-refractivity contribution in [1.29, 1.82) is 0 Å². The van der Waals surface area contributed by atoms with Crippen LogP contribution in [0.1, 0.15) is 45.2 Å². The van der Waals surface area contributed by atoms with Crippen LogP contribution in [0.25, 0.3) is 11.1 Å². The first-order chi connectivity index (χ1) is 11.3. The summed E-state index contributed by atoms with van der Waals surface area (Å²) in [5, 5.41) is 0. The maximum atomic E-state index is 14.2. The summed E-state index contributed by atoms with van der Waals surface area (Å²) in [5.74, 6) is -3.96. The summed E-state index contributed by atoms with van der Waals surface area (Å²) in [5.41, 5.74) is -0.157. The van der Waals surface area contributed by atoms with Crippen LogP contribution in [-0.4, -0.2) is 0 Å². The highest BCUT2D eigenvalue weighted by molar-refractivity contribution is 5.66. The zero-order chi connectivity index (χ0) is 18.4. The molecule has 0 N–H and O–H groups in total. The predicted octanol–water partition coefficient (Wildman–Crippen LogP) is 6.83. The van der Waals surface area contributed by atoms with E-state index >= 15 is 0 Å². The first-order valence-corrected chi connectivity index (χ1v) is 8.24. The zero-order valence-electron chi connectivity index (χ0n) is 14.8. The molecule has 0 saturated heterocycles. The Balaban J connectivity index is 0.00000139. The van der Waals surface area contributed by atoms with E-state index in [4.69, 9.17) is 0 Å². The van der Waals surface area contributed by atoms with Gasteiger partial charge in [0.25, 0.3) is 0 Å². The number of halogens is 4. The summed E-state index contributed by atoms with van der Waals surface area (Å²) in [6, 6.07) is 5.35. The lowest BCUT2D eigenvalue weighted by Crippen LogP contribution is -2.01. The van der Waals surface area contributed by atoms with Crippen molar-refractivity contribution in [2.45, 2.75) is 47.5 Å². The fourth-order valence-corrected chi connectivity index (χ4v) is 2.29. The van der Waals surface area contributed by atoms with Crippen LogP contribution in [0, 0.1) is 36.1 Å². The highest BCUT2D eigenvalue weighted by atomic mass is 19.2. The van der Waals surface area contributed by atoms with Crippen LogP contribution in [-0.2, 0) is 6.42 Å². The molecule has 0 bridgehead atoms. The van der Waals surface area contributed by atoms with Crippen molar-refractivity contribution >= 4 is 0 Å². The van der Waals surface area contributed by atoms with Gasteiger partial charge in [0.05, 0.1) is 0 Å². The third-order valence-electron chi connectivity index (χ3n) is 3.72. The second-order valence-electron chi connectivity index (χ2n) is 5.89. The molecule has 0 aliphatic heterocycles. The summed E-state index contributed by atoms with van der Waals surface area (Å²) < 4.78 is 55.9. The molecule has 2 aromatic carbocycles. The molecule has 0 radical (unpaired) electrons. The van der Waals surface area contributed by atoms with Crippen molar-refractivity contribution in [2.24, 2.45) is 5.92 Å². The smallest absolute Gasteiger partial charge is 0.167 e. The number of aryl methyl sites for hydroxylation is 2. The Morgan fingerprint density at radius 2 is 1.25 bits per heavy atom. The maximum absolute atomic E-state index is 14.2. The lowest BCUT2D eigenvalue weighted by atomic mass is 9.97. The van der Waals surface area contributed by atoms with Crippen molar-refractivity contribution < 1.29 is 17.6 Å². The molecule has 0 aromatic heterocycles. The van der Waals surface area contributed by atoms with Gasteiger partial charge in [0.2, 0.25) is 0 Å². The Morgan fingerprint density at radius 3 is 1.79 bits per heavy atom. The molecule has 4 heteroatoms. The largest absolute Gasteiger partial charge is 0.203 e. The Labute approximate surface area is 141 Å². The zero-order valence-corrected chi connectivity index (χ0v) is 14.8. The van der Waals surface area contributed by atoms with Crippen LogP contribution < -0.4 is 0 Å². The minimum absolute atomic E-state index is 0.121. The molecule has 0 unspecified atom stereocenters. The van der Waals surface area contributed by atoms with E-state index < -0.39 is 23.3 Å². The van der Waals surface area contributed by atoms with E-state index in [9.17, 15) is 17.6 Å². The molecule has 24 heavy (non-hydrogen) atoms. The van der Waals surface area contributed by atoms with E-state index in [1.807, 2.05) is 27.7 Å². The topological polar surface area (TPSA) is 0 Å². The van der Waals surface area contributed by atoms with Gasteiger partial charge in [-0.05, 0) is 36.8 Å². The highest BCUT2D eigenvalue weighted by Gasteiger charge is 2.19. The maximum Gasteiger partial charge on any atom is 0.167 e. The lowest BCUT2D eigenvalue weighted by molar-refractivity contribution is 0.487. The van der Waals surface area contributed by atoms with Gasteiger partial charge in [-0.25, -0.2) is 17.6 Å². The van der Waals surface area contributed by atoms with Gasteiger partial charge < -0.3 is 0 Å². The molecular formula is C20H24F4. The molecule has 0 spiro atoms. The fourth-order valence-electron chi connectivity index (χ4n) is 2.29. The Bertz CT molecular complexity index is 691. The molecule has 0 aliphatic carbocycles. The molecule has 0 saturated carbocycles. The summed E-state index contributed by atoms with van der Waals surface area (Å²) in [6.45, 7) is 9.40. The van der Waals surface area contributed by atoms with Gasteiger partial charge in [-0.3, -0.25) is 0 Å². The van der Waals surface area contributed by atoms with Crippen LogP contribution in [0.2, 0.25) is 0 Å². The average Bonchev–Trinajstić information content (AvgIpc) is 2.57. The van der Waals surface area contributed by atoms with Crippen LogP contribution in [0.5, 0.6) is 0 Å². The third-order valence-corrected chi connectivity index (χ3v) is 3.72. The molecule has 2 rings (SSSR count). The molecule has 0 fully saturated rings. The quantitative estimate of drug-likeness (QED) is 0.535. The van der Waals surface area contributed by atoms with Gasteiger partial charge >= 0.3 is 0 Å². The summed E-state index contributed by atoms with van der Waals surface area (Å²) >= 11 is 0. The van der Waals surface area contributed by atoms with Crippen molar-refractivity contribution in [3.8, 4) is 11.1 Å². The standard InChI is InChI=1S/C18H18F4.C2H6/c1-10(2)4-6-12-7-9-14(18(22)16(12)20)13-8-5-11(3)15(19)17(13)21;1-2/h5,7-10H,4,6H2,1-3H3;1-2H3. The minimum Gasteiger partial charge on any atom is -0.203 e. The van der Waals surface area contributed by atoms with Crippen LogP contribution >= 0.6 is 0 Å². The van der Waals surface area contributed by atoms with Crippen LogP contribution in [0.15, 0.2) is 24.3 Å². The SMILES string of the molecule is CC.Cc1ccc(-c2ccc(CCC(C)C)c(F)c2F)c(F)c1F. The molecule has 0 nitrogen and oxygen atoms in total.